The van der Waals surface area contributed by atoms with Crippen LogP contribution in [0.1, 0.15) is 48.0 Å². The SMILES string of the molecule is O=C(O)c1cscc1C1(O)CCCCC1. The highest BCUT2D eigenvalue weighted by Gasteiger charge is 2.35. The van der Waals surface area contributed by atoms with Gasteiger partial charge >= 0.3 is 5.97 Å². The van der Waals surface area contributed by atoms with E-state index < -0.39 is 11.6 Å². The number of carbonyl (C=O) groups is 1. The Kier molecular flexibility index (Phi) is 2.80. The van der Waals surface area contributed by atoms with Gasteiger partial charge in [0.25, 0.3) is 0 Å². The number of carboxylic acids is 1. The molecule has 2 rings (SSSR count). The van der Waals surface area contributed by atoms with E-state index in [1.54, 1.807) is 10.8 Å². The maximum absolute atomic E-state index is 11.0. The molecule has 2 N–H and O–H groups in total. The Labute approximate surface area is 92.4 Å². The fourth-order valence-corrected chi connectivity index (χ4v) is 3.14. The van der Waals surface area contributed by atoms with Crippen molar-refractivity contribution in [2.24, 2.45) is 0 Å². The van der Waals surface area contributed by atoms with Crippen LogP contribution in [0.4, 0.5) is 0 Å². The average Bonchev–Trinajstić information content (AvgIpc) is 2.67. The molecule has 0 radical (unpaired) electrons. The molecule has 15 heavy (non-hydrogen) atoms. The summed E-state index contributed by atoms with van der Waals surface area (Å²) in [5.41, 5.74) is -0.0181. The van der Waals surface area contributed by atoms with Crippen LogP contribution in [-0.4, -0.2) is 16.2 Å². The van der Waals surface area contributed by atoms with Crippen molar-refractivity contribution in [3.8, 4) is 0 Å². The van der Waals surface area contributed by atoms with Gasteiger partial charge in [0.15, 0.2) is 0 Å². The number of rotatable bonds is 2. The first-order valence-corrected chi connectivity index (χ1v) is 6.10. The van der Waals surface area contributed by atoms with Crippen LogP contribution in [0.5, 0.6) is 0 Å². The summed E-state index contributed by atoms with van der Waals surface area (Å²) < 4.78 is 0. The third-order valence-electron chi connectivity index (χ3n) is 3.07. The van der Waals surface area contributed by atoms with Crippen LogP contribution in [0.2, 0.25) is 0 Å². The third kappa shape index (κ3) is 1.92. The Balaban J connectivity index is 2.34. The molecular weight excluding hydrogens is 212 g/mol. The molecule has 0 aromatic carbocycles. The summed E-state index contributed by atoms with van der Waals surface area (Å²) in [6.07, 6.45) is 4.46. The van der Waals surface area contributed by atoms with Crippen molar-refractivity contribution in [2.75, 3.05) is 0 Å². The summed E-state index contributed by atoms with van der Waals surface area (Å²) in [7, 11) is 0. The van der Waals surface area contributed by atoms with E-state index in [-0.39, 0.29) is 5.56 Å². The van der Waals surface area contributed by atoms with Gasteiger partial charge in [0.05, 0.1) is 11.2 Å². The van der Waals surface area contributed by atoms with Crippen LogP contribution >= 0.6 is 11.3 Å². The predicted molar refractivity (Wildman–Crippen MR) is 58.3 cm³/mol. The predicted octanol–water partition coefficient (Wildman–Crippen LogP) is 2.60. The van der Waals surface area contributed by atoms with Gasteiger partial charge < -0.3 is 10.2 Å². The maximum Gasteiger partial charge on any atom is 0.336 e. The molecule has 1 aliphatic rings. The second kappa shape index (κ2) is 3.94. The largest absolute Gasteiger partial charge is 0.478 e. The molecule has 1 aromatic rings. The number of aromatic carboxylic acids is 1. The highest BCUT2D eigenvalue weighted by molar-refractivity contribution is 7.08. The number of hydrogen-bond donors (Lipinski definition) is 2. The van der Waals surface area contributed by atoms with Gasteiger partial charge in [-0.2, -0.15) is 11.3 Å². The fourth-order valence-electron chi connectivity index (χ4n) is 2.23. The summed E-state index contributed by atoms with van der Waals surface area (Å²) in [5, 5.41) is 22.8. The van der Waals surface area contributed by atoms with Gasteiger partial charge in [-0.05, 0) is 18.2 Å². The first-order chi connectivity index (χ1) is 7.13. The molecule has 1 aliphatic carbocycles. The van der Waals surface area contributed by atoms with E-state index in [2.05, 4.69) is 0 Å². The molecule has 0 spiro atoms. The van der Waals surface area contributed by atoms with Crippen LogP contribution in [0.25, 0.3) is 0 Å². The minimum atomic E-state index is -0.940. The Bertz CT molecular complexity index is 364. The summed E-state index contributed by atoms with van der Waals surface area (Å²) in [5.74, 6) is -0.940. The van der Waals surface area contributed by atoms with Gasteiger partial charge in [-0.3, -0.25) is 0 Å². The second-order valence-electron chi connectivity index (χ2n) is 4.10. The zero-order valence-corrected chi connectivity index (χ0v) is 9.22. The standard InChI is InChI=1S/C11H14O3S/c12-10(13)8-6-15-7-9(8)11(14)4-2-1-3-5-11/h6-7,14H,1-5H2,(H,12,13). The molecule has 82 valence electrons. The summed E-state index contributed by atoms with van der Waals surface area (Å²) in [6, 6.07) is 0. The fraction of sp³-hybridized carbons (Fsp3) is 0.545. The maximum atomic E-state index is 11.0. The van der Waals surface area contributed by atoms with Gasteiger partial charge in [-0.1, -0.05) is 19.3 Å². The monoisotopic (exact) mass is 226 g/mol. The highest BCUT2D eigenvalue weighted by atomic mass is 32.1. The molecule has 1 fully saturated rings. The molecule has 0 saturated heterocycles. The highest BCUT2D eigenvalue weighted by Crippen LogP contribution is 2.39. The smallest absolute Gasteiger partial charge is 0.336 e. The minimum absolute atomic E-state index is 0.268. The van der Waals surface area contributed by atoms with Gasteiger partial charge in [-0.15, -0.1) is 0 Å². The van der Waals surface area contributed by atoms with Crippen molar-refractivity contribution >= 4 is 17.3 Å². The third-order valence-corrected chi connectivity index (χ3v) is 3.82. The zero-order chi connectivity index (χ0) is 10.9. The Morgan fingerprint density at radius 1 is 1.27 bits per heavy atom. The average molecular weight is 226 g/mol. The topological polar surface area (TPSA) is 57.5 Å². The van der Waals surface area contributed by atoms with Gasteiger partial charge in [-0.25, -0.2) is 4.79 Å². The van der Waals surface area contributed by atoms with Crippen molar-refractivity contribution in [3.05, 3.63) is 21.9 Å². The van der Waals surface area contributed by atoms with E-state index in [1.165, 1.54) is 11.3 Å². The lowest BCUT2D eigenvalue weighted by Gasteiger charge is -2.32. The van der Waals surface area contributed by atoms with E-state index in [1.807, 2.05) is 0 Å². The summed E-state index contributed by atoms with van der Waals surface area (Å²) in [4.78, 5) is 11.0. The number of carboxylic acid groups (broad SMARTS) is 1. The molecule has 1 saturated carbocycles. The van der Waals surface area contributed by atoms with E-state index in [0.717, 1.165) is 19.3 Å². The molecule has 0 unspecified atom stereocenters. The van der Waals surface area contributed by atoms with Gasteiger partial charge in [0.1, 0.15) is 0 Å². The van der Waals surface area contributed by atoms with Gasteiger partial charge in [0.2, 0.25) is 0 Å². The molecular formula is C11H14O3S. The van der Waals surface area contributed by atoms with Crippen LogP contribution < -0.4 is 0 Å². The number of thiophene rings is 1. The van der Waals surface area contributed by atoms with Crippen molar-refractivity contribution in [1.29, 1.82) is 0 Å². The normalized spacial score (nSPS) is 20.1. The van der Waals surface area contributed by atoms with Crippen LogP contribution in [0.3, 0.4) is 0 Å². The molecule has 0 amide bonds. The van der Waals surface area contributed by atoms with Crippen molar-refractivity contribution in [3.63, 3.8) is 0 Å². The van der Waals surface area contributed by atoms with Crippen LogP contribution in [0.15, 0.2) is 10.8 Å². The summed E-state index contributed by atoms with van der Waals surface area (Å²) >= 11 is 1.35. The van der Waals surface area contributed by atoms with Crippen LogP contribution in [-0.2, 0) is 5.60 Å². The quantitative estimate of drug-likeness (QED) is 0.815. The first-order valence-electron chi connectivity index (χ1n) is 5.16. The van der Waals surface area contributed by atoms with E-state index in [9.17, 15) is 9.90 Å². The molecule has 4 heteroatoms. The molecule has 0 atom stereocenters. The lowest BCUT2D eigenvalue weighted by Crippen LogP contribution is -2.29. The zero-order valence-electron chi connectivity index (χ0n) is 8.40. The minimum Gasteiger partial charge on any atom is -0.478 e. The van der Waals surface area contributed by atoms with E-state index >= 15 is 0 Å². The Morgan fingerprint density at radius 2 is 1.93 bits per heavy atom. The molecule has 1 aromatic heterocycles. The molecule has 0 bridgehead atoms. The first kappa shape index (κ1) is 10.6. The van der Waals surface area contributed by atoms with Crippen LogP contribution in [0, 0.1) is 0 Å². The lowest BCUT2D eigenvalue weighted by atomic mass is 9.79. The number of hydrogen-bond acceptors (Lipinski definition) is 3. The Hall–Kier alpha value is -0.870. The van der Waals surface area contributed by atoms with E-state index in [0.29, 0.717) is 18.4 Å². The molecule has 3 nitrogen and oxygen atoms in total. The van der Waals surface area contributed by atoms with Crippen molar-refractivity contribution in [2.45, 2.75) is 37.7 Å². The van der Waals surface area contributed by atoms with Crippen molar-refractivity contribution in [1.82, 2.24) is 0 Å². The van der Waals surface area contributed by atoms with Gasteiger partial charge in [0, 0.05) is 10.9 Å². The Morgan fingerprint density at radius 3 is 2.53 bits per heavy atom. The molecule has 0 aliphatic heterocycles. The second-order valence-corrected chi connectivity index (χ2v) is 4.84. The summed E-state index contributed by atoms with van der Waals surface area (Å²) in [6.45, 7) is 0. The molecule has 1 heterocycles. The number of aliphatic hydroxyl groups is 1. The lowest BCUT2D eigenvalue weighted by molar-refractivity contribution is -0.00155. The van der Waals surface area contributed by atoms with Crippen molar-refractivity contribution < 1.29 is 15.0 Å². The van der Waals surface area contributed by atoms with E-state index in [4.69, 9.17) is 5.11 Å².